The number of carbonyl (C=O) groups is 7. The Morgan fingerprint density at radius 2 is 1.04 bits per heavy atom. The molecule has 1 aromatic heterocycles. The van der Waals surface area contributed by atoms with E-state index in [1.165, 1.54) is 11.7 Å². The number of para-hydroxylation sites is 1. The van der Waals surface area contributed by atoms with E-state index in [1.54, 1.807) is 96.3 Å². The number of ether oxygens (including phenoxy) is 5. The minimum Gasteiger partial charge on any atom is -0.488 e. The number of benzene rings is 6. The maximum atomic E-state index is 15.2. The van der Waals surface area contributed by atoms with Crippen molar-refractivity contribution in [3.63, 3.8) is 0 Å². The van der Waals surface area contributed by atoms with Crippen molar-refractivity contribution in [1.29, 1.82) is 0 Å². The molecule has 5 amide bonds. The van der Waals surface area contributed by atoms with Crippen LogP contribution in [0.4, 0.5) is 9.59 Å². The lowest BCUT2D eigenvalue weighted by atomic mass is 9.98. The van der Waals surface area contributed by atoms with E-state index in [-0.39, 0.29) is 44.1 Å². The maximum absolute atomic E-state index is 15.2. The van der Waals surface area contributed by atoms with Gasteiger partial charge in [0.25, 0.3) is 0 Å². The van der Waals surface area contributed by atoms with Gasteiger partial charge in [0.15, 0.2) is 0 Å². The van der Waals surface area contributed by atoms with E-state index in [4.69, 9.17) is 23.7 Å². The van der Waals surface area contributed by atoms with Crippen molar-refractivity contribution in [2.24, 2.45) is 5.92 Å². The molecule has 0 bridgehead atoms. The lowest BCUT2D eigenvalue weighted by molar-refractivity contribution is -0.146. The molecule has 470 valence electrons. The zero-order valence-corrected chi connectivity index (χ0v) is 53.0. The second-order valence-corrected chi connectivity index (χ2v) is 26.0. The molecule has 18 heteroatoms. The van der Waals surface area contributed by atoms with Crippen LogP contribution in [-0.2, 0) is 62.2 Å². The van der Waals surface area contributed by atoms with Crippen molar-refractivity contribution in [2.45, 2.75) is 155 Å². The van der Waals surface area contributed by atoms with E-state index in [0.717, 1.165) is 33.0 Å². The number of nitrogens with zero attached hydrogens (tertiary/aromatic N) is 1. The Morgan fingerprint density at radius 3 is 1.63 bits per heavy atom. The van der Waals surface area contributed by atoms with Gasteiger partial charge >= 0.3 is 18.2 Å². The van der Waals surface area contributed by atoms with Crippen molar-refractivity contribution < 1.29 is 57.2 Å². The second kappa shape index (κ2) is 28.4. The van der Waals surface area contributed by atoms with Crippen LogP contribution >= 0.6 is 0 Å². The lowest BCUT2D eigenvalue weighted by Gasteiger charge is -2.29. The fourth-order valence-corrected chi connectivity index (χ4v) is 10.8. The number of amides is 5. The van der Waals surface area contributed by atoms with Crippen LogP contribution < -0.4 is 31.3 Å². The average molecular weight is 1210 g/mol. The van der Waals surface area contributed by atoms with Gasteiger partial charge in [0.2, 0.25) is 23.6 Å². The van der Waals surface area contributed by atoms with E-state index in [1.807, 2.05) is 126 Å². The minimum atomic E-state index is -1.51. The molecule has 1 aliphatic rings. The number of rotatable bonds is 23. The van der Waals surface area contributed by atoms with Gasteiger partial charge in [-0.3, -0.25) is 23.7 Å². The zero-order valence-electron chi connectivity index (χ0n) is 53.0. The normalized spacial score (nSPS) is 14.1. The molecule has 0 radical (unpaired) electrons. The summed E-state index contributed by atoms with van der Waals surface area (Å²) >= 11 is 0. The summed E-state index contributed by atoms with van der Waals surface area (Å²) in [6, 6.07) is 36.7. The molecule has 18 nitrogen and oxygen atoms in total. The fraction of sp³-hybridized carbons (Fsp3) is 0.394. The van der Waals surface area contributed by atoms with Crippen LogP contribution in [0.3, 0.4) is 0 Å². The Balaban J connectivity index is 1.12. The summed E-state index contributed by atoms with van der Waals surface area (Å²) < 4.78 is 30.5. The number of aromatic nitrogens is 1. The number of hydrogen-bond acceptors (Lipinski definition) is 12. The van der Waals surface area contributed by atoms with E-state index in [2.05, 4.69) is 26.6 Å². The quantitative estimate of drug-likeness (QED) is 0.0298. The standard InChI is InChI=1S/C71H84N6O12/c1-43(2)35-59(66(82)85-12)74-63(79)57(38-45-29-32-46-21-13-14-22-47(46)36-45)72-62(78)56(37-44-30-33-49(34-31-44)88-70(6,7)8)73-65(81)60(42-87-69(3,4)5)75-64(80)58(39-48-40-77(68(84)89-71(9,10)11)61-28-20-19-23-50(48)61)76-67(83)86-41-55-53-26-17-15-24-51(53)52-25-16-18-27-54(52)55/h13-34,36,40,43,55-60H,35,37-39,41-42H2,1-12H3,(H,72,78)(H,73,81)(H,74,79)(H,75,80)(H,76,83)/t56-,57+,58-,59-,60-/m0/s1. The predicted octanol–water partition coefficient (Wildman–Crippen LogP) is 10.7. The number of fused-ring (bicyclic) bond motifs is 5. The Hall–Kier alpha value is -9.03. The van der Waals surface area contributed by atoms with Gasteiger partial charge in [0, 0.05) is 36.8 Å². The summed E-state index contributed by atoms with van der Waals surface area (Å²) in [5.41, 5.74) is 4.09. The van der Waals surface area contributed by atoms with Gasteiger partial charge in [-0.05, 0) is 143 Å². The van der Waals surface area contributed by atoms with Crippen molar-refractivity contribution >= 4 is 63.5 Å². The molecule has 0 saturated heterocycles. The Labute approximate surface area is 521 Å². The predicted molar refractivity (Wildman–Crippen MR) is 342 cm³/mol. The number of methoxy groups -OCH3 is 1. The second-order valence-electron chi connectivity index (χ2n) is 26.0. The first kappa shape index (κ1) is 65.9. The first-order valence-electron chi connectivity index (χ1n) is 30.2. The molecule has 6 aromatic carbocycles. The molecule has 0 unspecified atom stereocenters. The van der Waals surface area contributed by atoms with Crippen molar-refractivity contribution in [3.8, 4) is 16.9 Å². The molecule has 1 heterocycles. The first-order valence-corrected chi connectivity index (χ1v) is 30.2. The largest absolute Gasteiger partial charge is 0.488 e. The summed E-state index contributed by atoms with van der Waals surface area (Å²) in [5.74, 6) is -3.49. The lowest BCUT2D eigenvalue weighted by Crippen LogP contribution is -2.60. The minimum absolute atomic E-state index is 0.00982. The highest BCUT2D eigenvalue weighted by molar-refractivity contribution is 5.97. The number of hydrogen-bond donors (Lipinski definition) is 5. The highest BCUT2D eigenvalue weighted by Gasteiger charge is 2.36. The summed E-state index contributed by atoms with van der Waals surface area (Å²) in [4.78, 5) is 101. The van der Waals surface area contributed by atoms with Crippen LogP contribution in [0.5, 0.6) is 5.75 Å². The van der Waals surface area contributed by atoms with Crippen molar-refractivity contribution in [3.05, 3.63) is 174 Å². The van der Waals surface area contributed by atoms with Gasteiger partial charge in [0.1, 0.15) is 53.8 Å². The number of carbonyl (C=O) groups excluding carboxylic acids is 7. The van der Waals surface area contributed by atoms with Gasteiger partial charge < -0.3 is 50.3 Å². The van der Waals surface area contributed by atoms with E-state index < -0.39 is 95.4 Å². The molecular formula is C71H84N6O12. The van der Waals surface area contributed by atoms with E-state index in [9.17, 15) is 19.2 Å². The van der Waals surface area contributed by atoms with Gasteiger partial charge in [0.05, 0.1) is 24.8 Å². The monoisotopic (exact) mass is 1210 g/mol. The Kier molecular flexibility index (Phi) is 21.1. The van der Waals surface area contributed by atoms with Gasteiger partial charge in [-0.15, -0.1) is 0 Å². The van der Waals surface area contributed by atoms with Crippen LogP contribution in [0.25, 0.3) is 32.8 Å². The molecule has 7 aromatic rings. The first-order chi connectivity index (χ1) is 42.1. The van der Waals surface area contributed by atoms with E-state index in [0.29, 0.717) is 33.3 Å². The zero-order chi connectivity index (χ0) is 64.4. The molecule has 5 N–H and O–H groups in total. The van der Waals surface area contributed by atoms with Crippen LogP contribution in [0, 0.1) is 5.92 Å². The molecule has 89 heavy (non-hydrogen) atoms. The third kappa shape index (κ3) is 18.1. The topological polar surface area (TPSA) is 231 Å². The third-order valence-corrected chi connectivity index (χ3v) is 14.9. The van der Waals surface area contributed by atoms with Crippen LogP contribution in [0.2, 0.25) is 0 Å². The van der Waals surface area contributed by atoms with Crippen molar-refractivity contribution in [1.82, 2.24) is 31.2 Å². The fourth-order valence-electron chi connectivity index (χ4n) is 10.8. The molecule has 8 rings (SSSR count). The van der Waals surface area contributed by atoms with Crippen LogP contribution in [0.15, 0.2) is 146 Å². The van der Waals surface area contributed by atoms with E-state index >= 15 is 14.4 Å². The van der Waals surface area contributed by atoms with Crippen LogP contribution in [-0.4, -0.2) is 114 Å². The van der Waals surface area contributed by atoms with Crippen LogP contribution in [0.1, 0.15) is 116 Å². The summed E-state index contributed by atoms with van der Waals surface area (Å²) in [6.07, 6.45) is -0.0846. The molecule has 5 atom stereocenters. The summed E-state index contributed by atoms with van der Waals surface area (Å²) in [7, 11) is 1.24. The number of alkyl carbamates (subject to hydrolysis) is 1. The Bertz CT molecular complexity index is 3640. The molecule has 0 fully saturated rings. The maximum Gasteiger partial charge on any atom is 0.419 e. The third-order valence-electron chi connectivity index (χ3n) is 14.9. The molecule has 0 saturated carbocycles. The van der Waals surface area contributed by atoms with Gasteiger partial charge in [-0.2, -0.15) is 0 Å². The average Bonchev–Trinajstić information content (AvgIpc) is 1.66. The summed E-state index contributed by atoms with van der Waals surface area (Å²) in [6.45, 7) is 19.7. The molecule has 0 spiro atoms. The molecule has 0 aliphatic heterocycles. The number of nitrogens with one attached hydrogen (secondary N) is 5. The molecule has 1 aliphatic carbocycles. The number of esters is 1. The summed E-state index contributed by atoms with van der Waals surface area (Å²) in [5, 5.41) is 16.7. The molecular weight excluding hydrogens is 1130 g/mol. The van der Waals surface area contributed by atoms with Crippen molar-refractivity contribution in [2.75, 3.05) is 20.3 Å². The van der Waals surface area contributed by atoms with Gasteiger partial charge in [-0.1, -0.05) is 135 Å². The Morgan fingerprint density at radius 1 is 0.528 bits per heavy atom. The van der Waals surface area contributed by atoms with Gasteiger partial charge in [-0.25, -0.2) is 14.4 Å². The highest BCUT2D eigenvalue weighted by atomic mass is 16.6. The SMILES string of the molecule is COC(=O)[C@H](CC(C)C)NC(=O)[C@@H](Cc1ccc2ccccc2c1)NC(=O)[C@H](Cc1ccc(OC(C)(C)C)cc1)NC(=O)[C@H](COC(C)(C)C)NC(=O)[C@H](Cc1cn(C(=O)OC(C)(C)C)c2ccccc12)NC(=O)OCC1c2ccccc2-c2ccccc21. The highest BCUT2D eigenvalue weighted by Crippen LogP contribution is 2.44. The smallest absolute Gasteiger partial charge is 0.419 e.